The smallest absolute Gasteiger partial charge is 0.338 e. The second kappa shape index (κ2) is 8.51. The minimum atomic E-state index is -0.551. The number of hydrogen-bond acceptors (Lipinski definition) is 7. The highest BCUT2D eigenvalue weighted by molar-refractivity contribution is 9.10. The number of carbonyl (C=O) groups is 1. The van der Waals surface area contributed by atoms with Crippen LogP contribution < -0.4 is 10.1 Å². The summed E-state index contributed by atoms with van der Waals surface area (Å²) in [5.74, 6) is 0.743. The number of rotatable bonds is 7. The third kappa shape index (κ3) is 3.97. The molecule has 0 fully saturated rings. The van der Waals surface area contributed by atoms with Crippen LogP contribution in [-0.2, 0) is 9.53 Å². The fourth-order valence-electron chi connectivity index (χ4n) is 2.97. The zero-order valence-corrected chi connectivity index (χ0v) is 17.1. The summed E-state index contributed by atoms with van der Waals surface area (Å²) >= 11 is 3.50. The first-order valence-electron chi connectivity index (χ1n) is 8.91. The molecule has 3 rings (SSSR count). The van der Waals surface area contributed by atoms with Crippen molar-refractivity contribution < 1.29 is 14.3 Å². The predicted molar refractivity (Wildman–Crippen MR) is 103 cm³/mol. The first-order chi connectivity index (χ1) is 13.1. The predicted octanol–water partition coefficient (Wildman–Crippen LogP) is 3.47. The number of allylic oxidation sites excluding steroid dienone is 1. The number of fused-ring (bicyclic) bond motifs is 1. The van der Waals surface area contributed by atoms with E-state index in [1.807, 2.05) is 39.0 Å². The Balaban J connectivity index is 2.09. The molecule has 1 N–H and O–H groups in total. The van der Waals surface area contributed by atoms with Gasteiger partial charge in [0.25, 0.3) is 0 Å². The number of ether oxygens (including phenoxy) is 2. The first-order valence-corrected chi connectivity index (χ1v) is 9.71. The Morgan fingerprint density at radius 1 is 1.37 bits per heavy atom. The van der Waals surface area contributed by atoms with Crippen LogP contribution >= 0.6 is 15.9 Å². The Morgan fingerprint density at radius 3 is 2.93 bits per heavy atom. The van der Waals surface area contributed by atoms with Gasteiger partial charge in [-0.15, -0.1) is 0 Å². The van der Waals surface area contributed by atoms with Crippen molar-refractivity contribution in [3.63, 3.8) is 0 Å². The van der Waals surface area contributed by atoms with E-state index in [0.717, 1.165) is 22.9 Å². The number of esters is 1. The van der Waals surface area contributed by atoms with Crippen molar-refractivity contribution in [2.45, 2.75) is 39.7 Å². The van der Waals surface area contributed by atoms with Gasteiger partial charge in [0.15, 0.2) is 0 Å². The lowest BCUT2D eigenvalue weighted by Crippen LogP contribution is -2.30. The SMILES string of the molecule is CCCCOC(=O)C1=C(C)Nc2nnnn2C1c1cc(Br)ccc1OCC. The van der Waals surface area contributed by atoms with E-state index in [1.165, 1.54) is 0 Å². The van der Waals surface area contributed by atoms with Gasteiger partial charge >= 0.3 is 5.97 Å². The molecule has 0 saturated heterocycles. The van der Waals surface area contributed by atoms with Gasteiger partial charge in [-0.1, -0.05) is 34.4 Å². The molecule has 1 aromatic carbocycles. The summed E-state index contributed by atoms with van der Waals surface area (Å²) in [6, 6.07) is 5.12. The monoisotopic (exact) mass is 435 g/mol. The van der Waals surface area contributed by atoms with E-state index in [-0.39, 0.29) is 5.97 Å². The quantitative estimate of drug-likeness (QED) is 0.525. The second-order valence-corrected chi connectivity index (χ2v) is 7.03. The number of unbranched alkanes of at least 4 members (excludes halogenated alkanes) is 1. The third-order valence-electron chi connectivity index (χ3n) is 4.23. The normalized spacial score (nSPS) is 15.9. The van der Waals surface area contributed by atoms with E-state index in [4.69, 9.17) is 9.47 Å². The average molecular weight is 436 g/mol. The lowest BCUT2D eigenvalue weighted by molar-refractivity contribution is -0.139. The zero-order chi connectivity index (χ0) is 19.4. The van der Waals surface area contributed by atoms with Crippen molar-refractivity contribution in [1.82, 2.24) is 20.2 Å². The molecule has 0 spiro atoms. The Labute approximate surface area is 166 Å². The van der Waals surface area contributed by atoms with E-state index in [0.29, 0.717) is 36.2 Å². The number of anilines is 1. The van der Waals surface area contributed by atoms with Crippen LogP contribution in [-0.4, -0.2) is 39.4 Å². The number of carbonyl (C=O) groups excluding carboxylic acids is 1. The highest BCUT2D eigenvalue weighted by atomic mass is 79.9. The van der Waals surface area contributed by atoms with E-state index in [9.17, 15) is 4.79 Å². The molecule has 9 heteroatoms. The molecule has 0 saturated carbocycles. The number of hydrogen-bond donors (Lipinski definition) is 1. The Bertz CT molecular complexity index is 864. The molecule has 2 aromatic rings. The minimum absolute atomic E-state index is 0.373. The maximum atomic E-state index is 12.9. The van der Waals surface area contributed by atoms with Crippen LogP contribution in [0, 0.1) is 0 Å². The first kappa shape index (κ1) is 19.3. The number of nitrogens with zero attached hydrogens (tertiary/aromatic N) is 4. The summed E-state index contributed by atoms with van der Waals surface area (Å²) in [4.78, 5) is 12.9. The van der Waals surface area contributed by atoms with Crippen LogP contribution in [0.2, 0.25) is 0 Å². The molecule has 0 radical (unpaired) electrons. The molecule has 0 amide bonds. The highest BCUT2D eigenvalue weighted by Crippen LogP contribution is 2.40. The van der Waals surface area contributed by atoms with Gasteiger partial charge in [-0.2, -0.15) is 4.68 Å². The molecule has 0 bridgehead atoms. The van der Waals surface area contributed by atoms with Crippen LogP contribution in [0.15, 0.2) is 33.9 Å². The Kier molecular flexibility index (Phi) is 6.10. The highest BCUT2D eigenvalue weighted by Gasteiger charge is 2.36. The second-order valence-electron chi connectivity index (χ2n) is 6.12. The minimum Gasteiger partial charge on any atom is -0.494 e. The number of tetrazole rings is 1. The van der Waals surface area contributed by atoms with Gasteiger partial charge in [-0.3, -0.25) is 0 Å². The van der Waals surface area contributed by atoms with Gasteiger partial charge in [0.05, 0.1) is 18.8 Å². The van der Waals surface area contributed by atoms with E-state index < -0.39 is 6.04 Å². The number of aromatic nitrogens is 4. The molecule has 1 aliphatic rings. The standard InChI is InChI=1S/C18H22BrN5O3/c1-4-6-9-27-17(25)15-11(3)20-18-21-22-23-24(18)16(15)13-10-12(19)7-8-14(13)26-5-2/h7-8,10,16H,4-6,9H2,1-3H3,(H,20,21,23). The fraction of sp³-hybridized carbons (Fsp3) is 0.444. The van der Waals surface area contributed by atoms with Crippen molar-refractivity contribution in [2.75, 3.05) is 18.5 Å². The molecule has 2 heterocycles. The molecule has 27 heavy (non-hydrogen) atoms. The third-order valence-corrected chi connectivity index (χ3v) is 4.72. The van der Waals surface area contributed by atoms with Crippen molar-refractivity contribution in [3.05, 3.63) is 39.5 Å². The Hall–Kier alpha value is -2.42. The van der Waals surface area contributed by atoms with Crippen LogP contribution in [0.25, 0.3) is 0 Å². The fourth-order valence-corrected chi connectivity index (χ4v) is 3.35. The van der Waals surface area contributed by atoms with Gasteiger partial charge in [0.2, 0.25) is 5.95 Å². The number of halogens is 1. The van der Waals surface area contributed by atoms with E-state index >= 15 is 0 Å². The molecule has 1 unspecified atom stereocenters. The van der Waals surface area contributed by atoms with Gasteiger partial charge in [-0.05, 0) is 48.9 Å². The van der Waals surface area contributed by atoms with Crippen molar-refractivity contribution in [1.29, 1.82) is 0 Å². The van der Waals surface area contributed by atoms with Gasteiger partial charge in [0, 0.05) is 15.7 Å². The van der Waals surface area contributed by atoms with E-state index in [1.54, 1.807) is 4.68 Å². The number of benzene rings is 1. The molecule has 0 aliphatic carbocycles. The summed E-state index contributed by atoms with van der Waals surface area (Å²) in [5, 5.41) is 14.9. The molecule has 144 valence electrons. The van der Waals surface area contributed by atoms with Crippen LogP contribution in [0.5, 0.6) is 5.75 Å². The summed E-state index contributed by atoms with van der Waals surface area (Å²) in [7, 11) is 0. The topological polar surface area (TPSA) is 91.2 Å². The molecule has 1 aromatic heterocycles. The van der Waals surface area contributed by atoms with Crippen LogP contribution in [0.4, 0.5) is 5.95 Å². The summed E-state index contributed by atoms with van der Waals surface area (Å²) < 4.78 is 13.7. The van der Waals surface area contributed by atoms with Gasteiger partial charge in [-0.25, -0.2) is 4.79 Å². The maximum Gasteiger partial charge on any atom is 0.338 e. The van der Waals surface area contributed by atoms with E-state index in [2.05, 4.69) is 36.8 Å². The maximum absolute atomic E-state index is 12.9. The molecular weight excluding hydrogens is 414 g/mol. The van der Waals surface area contributed by atoms with Crippen molar-refractivity contribution in [2.24, 2.45) is 0 Å². The number of nitrogens with one attached hydrogen (secondary N) is 1. The van der Waals surface area contributed by atoms with Crippen molar-refractivity contribution >= 4 is 27.8 Å². The van der Waals surface area contributed by atoms with Crippen LogP contribution in [0.1, 0.15) is 45.2 Å². The lowest BCUT2D eigenvalue weighted by atomic mass is 9.95. The summed E-state index contributed by atoms with van der Waals surface area (Å²) in [5.41, 5.74) is 1.90. The largest absolute Gasteiger partial charge is 0.494 e. The zero-order valence-electron chi connectivity index (χ0n) is 15.5. The average Bonchev–Trinajstić information content (AvgIpc) is 3.10. The lowest BCUT2D eigenvalue weighted by Gasteiger charge is -2.28. The van der Waals surface area contributed by atoms with Gasteiger partial charge < -0.3 is 14.8 Å². The van der Waals surface area contributed by atoms with Gasteiger partial charge in [0.1, 0.15) is 11.8 Å². The molecule has 1 aliphatic heterocycles. The molecular formula is C18H22BrN5O3. The van der Waals surface area contributed by atoms with Crippen LogP contribution in [0.3, 0.4) is 0 Å². The molecule has 1 atom stereocenters. The summed E-state index contributed by atoms with van der Waals surface area (Å²) in [6.07, 6.45) is 1.76. The molecule has 8 nitrogen and oxygen atoms in total. The Morgan fingerprint density at radius 2 is 2.19 bits per heavy atom. The van der Waals surface area contributed by atoms with Crippen molar-refractivity contribution in [3.8, 4) is 5.75 Å². The summed E-state index contributed by atoms with van der Waals surface area (Å²) in [6.45, 7) is 6.66.